The second-order valence-corrected chi connectivity index (χ2v) is 20.9. The molecule has 0 radical (unpaired) electrons. The number of carbonyl (C=O) groups is 3. The lowest BCUT2D eigenvalue weighted by atomic mass is 10.1. The number of hydrogen-bond acceptors (Lipinski definition) is 6. The Balaban J connectivity index is 4.38. The second kappa shape index (κ2) is 64.3. The monoisotopic (exact) mass is 1070 g/mol. The number of ether oxygens (including phenoxy) is 3. The summed E-state index contributed by atoms with van der Waals surface area (Å²) in [6.45, 7) is 6.38. The normalized spacial score (nSPS) is 12.9. The van der Waals surface area contributed by atoms with Crippen LogP contribution in [0.2, 0.25) is 0 Å². The number of esters is 3. The lowest BCUT2D eigenvalue weighted by Gasteiger charge is -2.18. The highest BCUT2D eigenvalue weighted by Gasteiger charge is 2.19. The van der Waals surface area contributed by atoms with Gasteiger partial charge in [-0.3, -0.25) is 14.4 Å². The molecule has 77 heavy (non-hydrogen) atoms. The van der Waals surface area contributed by atoms with Crippen LogP contribution in [-0.4, -0.2) is 37.2 Å². The third-order valence-electron chi connectivity index (χ3n) is 13.4. The van der Waals surface area contributed by atoms with E-state index in [2.05, 4.69) is 142 Å². The molecule has 6 heteroatoms. The van der Waals surface area contributed by atoms with Crippen molar-refractivity contribution in [1.29, 1.82) is 0 Å². The highest BCUT2D eigenvalue weighted by atomic mass is 16.6. The van der Waals surface area contributed by atoms with Gasteiger partial charge in [-0.05, 0) is 128 Å². The zero-order valence-corrected chi connectivity index (χ0v) is 50.2. The van der Waals surface area contributed by atoms with E-state index in [0.29, 0.717) is 19.3 Å². The second-order valence-electron chi connectivity index (χ2n) is 20.9. The van der Waals surface area contributed by atoms with Gasteiger partial charge in [0, 0.05) is 19.3 Å². The summed E-state index contributed by atoms with van der Waals surface area (Å²) < 4.78 is 16.9. The van der Waals surface area contributed by atoms with Gasteiger partial charge < -0.3 is 14.2 Å². The van der Waals surface area contributed by atoms with E-state index in [1.807, 2.05) is 0 Å². The van der Waals surface area contributed by atoms with Gasteiger partial charge >= 0.3 is 17.9 Å². The van der Waals surface area contributed by atoms with Gasteiger partial charge in [0.25, 0.3) is 0 Å². The van der Waals surface area contributed by atoms with Crippen molar-refractivity contribution in [2.24, 2.45) is 0 Å². The highest BCUT2D eigenvalue weighted by Crippen LogP contribution is 2.15. The van der Waals surface area contributed by atoms with Crippen LogP contribution in [0.4, 0.5) is 0 Å². The summed E-state index contributed by atoms with van der Waals surface area (Å²) in [6.07, 6.45) is 89.2. The molecule has 0 saturated heterocycles. The third-order valence-corrected chi connectivity index (χ3v) is 13.4. The molecule has 0 aromatic carbocycles. The fourth-order valence-corrected chi connectivity index (χ4v) is 8.69. The van der Waals surface area contributed by atoms with Crippen molar-refractivity contribution >= 4 is 17.9 Å². The Morgan fingerprint density at radius 3 is 0.805 bits per heavy atom. The van der Waals surface area contributed by atoms with Gasteiger partial charge in [0.1, 0.15) is 13.2 Å². The molecule has 0 aliphatic rings. The van der Waals surface area contributed by atoms with Crippen LogP contribution in [0.1, 0.15) is 290 Å². The van der Waals surface area contributed by atoms with Gasteiger partial charge in [0.05, 0.1) is 0 Å². The van der Waals surface area contributed by atoms with E-state index in [4.69, 9.17) is 14.2 Å². The molecule has 0 fully saturated rings. The topological polar surface area (TPSA) is 78.9 Å². The molecular formula is C71H118O6. The number of unbranched alkanes of at least 4 members (excludes halogenated alkanes) is 26. The molecule has 0 spiro atoms. The van der Waals surface area contributed by atoms with E-state index >= 15 is 0 Å². The van der Waals surface area contributed by atoms with Crippen LogP contribution in [0.15, 0.2) is 122 Å². The summed E-state index contributed by atoms with van der Waals surface area (Å²) in [5.41, 5.74) is 0. The predicted octanol–water partition coefficient (Wildman–Crippen LogP) is 22.0. The predicted molar refractivity (Wildman–Crippen MR) is 334 cm³/mol. The van der Waals surface area contributed by atoms with Crippen molar-refractivity contribution in [2.75, 3.05) is 13.2 Å². The van der Waals surface area contributed by atoms with Crippen LogP contribution >= 0.6 is 0 Å². The fourth-order valence-electron chi connectivity index (χ4n) is 8.69. The van der Waals surface area contributed by atoms with Crippen molar-refractivity contribution < 1.29 is 28.6 Å². The van der Waals surface area contributed by atoms with Crippen LogP contribution in [0, 0.1) is 0 Å². The molecule has 1 atom stereocenters. The molecule has 0 bridgehead atoms. The lowest BCUT2D eigenvalue weighted by molar-refractivity contribution is -0.167. The van der Waals surface area contributed by atoms with E-state index in [1.165, 1.54) is 122 Å². The lowest BCUT2D eigenvalue weighted by Crippen LogP contribution is -2.30. The summed E-state index contributed by atoms with van der Waals surface area (Å²) in [7, 11) is 0. The Labute approximate surface area is 475 Å². The average molecular weight is 1070 g/mol. The molecule has 438 valence electrons. The standard InChI is InChI=1S/C71H118O6/c1-4-7-10-13-16-19-22-25-27-29-31-33-35-37-39-41-43-46-49-52-55-58-61-64-70(73)76-67-68(66-75-69(72)63-60-57-54-51-48-45-24-21-18-15-12-9-6-3)77-71(74)65-62-59-56-53-50-47-44-42-40-38-36-34-32-30-28-26-23-20-17-14-11-8-5-2/h7,9-10,12,16,18-19,21,23,25-27,30-33,36,38,45,48,68H,4-6,8,11,13-15,17,20,22,24,28-29,34-35,37,39-44,46-47,49-67H2,1-3H3/b10-7-,12-9-,19-16-,21-18-,26-23-,27-25-,32-30-,33-31-,38-36-,48-45-. The molecule has 0 N–H and O–H groups in total. The van der Waals surface area contributed by atoms with Gasteiger partial charge in [-0.1, -0.05) is 264 Å². The largest absolute Gasteiger partial charge is 0.462 e. The van der Waals surface area contributed by atoms with Gasteiger partial charge in [0.2, 0.25) is 0 Å². The van der Waals surface area contributed by atoms with Gasteiger partial charge in [0.15, 0.2) is 6.10 Å². The Morgan fingerprint density at radius 1 is 0.273 bits per heavy atom. The minimum Gasteiger partial charge on any atom is -0.462 e. The molecule has 0 amide bonds. The van der Waals surface area contributed by atoms with Crippen molar-refractivity contribution in [3.8, 4) is 0 Å². The minimum absolute atomic E-state index is 0.0949. The first-order valence-corrected chi connectivity index (χ1v) is 32.0. The van der Waals surface area contributed by atoms with Gasteiger partial charge in [-0.2, -0.15) is 0 Å². The summed E-state index contributed by atoms with van der Waals surface area (Å²) in [6, 6.07) is 0. The molecule has 0 rings (SSSR count). The number of hydrogen-bond donors (Lipinski definition) is 0. The Kier molecular flexibility index (Phi) is 60.8. The summed E-state index contributed by atoms with van der Waals surface area (Å²) >= 11 is 0. The number of allylic oxidation sites excluding steroid dienone is 20. The molecule has 0 aliphatic carbocycles. The zero-order valence-electron chi connectivity index (χ0n) is 50.2. The fraction of sp³-hybridized carbons (Fsp3) is 0.676. The van der Waals surface area contributed by atoms with Crippen molar-refractivity contribution in [2.45, 2.75) is 297 Å². The molecular weight excluding hydrogens is 949 g/mol. The first-order valence-electron chi connectivity index (χ1n) is 32.0. The maximum atomic E-state index is 12.9. The zero-order chi connectivity index (χ0) is 55.7. The van der Waals surface area contributed by atoms with E-state index in [1.54, 1.807) is 0 Å². The Morgan fingerprint density at radius 2 is 0.506 bits per heavy atom. The summed E-state index contributed by atoms with van der Waals surface area (Å²) in [5, 5.41) is 0. The minimum atomic E-state index is -0.801. The van der Waals surface area contributed by atoms with Crippen LogP contribution in [0.25, 0.3) is 0 Å². The van der Waals surface area contributed by atoms with E-state index < -0.39 is 6.10 Å². The average Bonchev–Trinajstić information content (AvgIpc) is 3.43. The summed E-state index contributed by atoms with van der Waals surface area (Å²) in [5.74, 6) is -0.932. The molecule has 0 heterocycles. The van der Waals surface area contributed by atoms with E-state index in [0.717, 1.165) is 128 Å². The van der Waals surface area contributed by atoms with Crippen LogP contribution in [0.5, 0.6) is 0 Å². The van der Waals surface area contributed by atoms with Crippen LogP contribution in [0.3, 0.4) is 0 Å². The molecule has 0 aromatic rings. The molecule has 6 nitrogen and oxygen atoms in total. The van der Waals surface area contributed by atoms with Crippen molar-refractivity contribution in [3.63, 3.8) is 0 Å². The third kappa shape index (κ3) is 62.5. The molecule has 0 aromatic heterocycles. The molecule has 1 unspecified atom stereocenters. The Bertz CT molecular complexity index is 1600. The maximum Gasteiger partial charge on any atom is 0.306 e. The number of rotatable bonds is 57. The van der Waals surface area contributed by atoms with Gasteiger partial charge in [-0.25, -0.2) is 0 Å². The SMILES string of the molecule is CC/C=C\C/C=C\C/C=C\C/C=C\CCCCCCCCCCCCC(=O)OCC(COC(=O)CCCCC/C=C\C/C=C\C/C=C\CC)OC(=O)CCCCCCCCCC/C=C\C/C=C\C/C=C\CCCCCCC. The highest BCUT2D eigenvalue weighted by molar-refractivity contribution is 5.71. The smallest absolute Gasteiger partial charge is 0.306 e. The van der Waals surface area contributed by atoms with Gasteiger partial charge in [-0.15, -0.1) is 0 Å². The molecule has 0 aliphatic heterocycles. The first kappa shape index (κ1) is 72.8. The van der Waals surface area contributed by atoms with E-state index in [-0.39, 0.29) is 31.1 Å². The van der Waals surface area contributed by atoms with Crippen molar-refractivity contribution in [3.05, 3.63) is 122 Å². The van der Waals surface area contributed by atoms with Crippen molar-refractivity contribution in [1.82, 2.24) is 0 Å². The number of carbonyl (C=O) groups excluding carboxylic acids is 3. The van der Waals surface area contributed by atoms with Crippen LogP contribution < -0.4 is 0 Å². The quantitative estimate of drug-likeness (QED) is 0.0261. The first-order chi connectivity index (χ1) is 38.0. The van der Waals surface area contributed by atoms with E-state index in [9.17, 15) is 14.4 Å². The summed E-state index contributed by atoms with van der Waals surface area (Å²) in [4.78, 5) is 38.3. The Hall–Kier alpha value is -4.19. The molecule has 0 saturated carbocycles. The van der Waals surface area contributed by atoms with Crippen LogP contribution in [-0.2, 0) is 28.6 Å². The maximum absolute atomic E-state index is 12.9.